The molecule has 8 nitrogen and oxygen atoms in total. The maximum Gasteiger partial charge on any atom is 0.323 e. The number of benzene rings is 1. The van der Waals surface area contributed by atoms with Crippen LogP contribution in [0.1, 0.15) is 0 Å². The molecule has 1 aromatic carbocycles. The van der Waals surface area contributed by atoms with E-state index in [2.05, 4.69) is 20.2 Å². The van der Waals surface area contributed by atoms with E-state index in [1.165, 1.54) is 11.3 Å². The Labute approximate surface area is 168 Å². The molecule has 0 unspecified atom stereocenters. The summed E-state index contributed by atoms with van der Waals surface area (Å²) in [7, 11) is 0. The standard InChI is InChI=1S/C18H18F2N6O2S/c19-15(20)10-26-11-22-14-9-12(1-2-13(14)16(26)27)24-4-6-25(7-5-24)18(28)23-17-21-3-8-29-17/h1-3,8-9,11,15H,4-7,10H2,(H,21,23,28). The van der Waals surface area contributed by atoms with Gasteiger partial charge in [-0.1, -0.05) is 0 Å². The van der Waals surface area contributed by atoms with Gasteiger partial charge >= 0.3 is 6.03 Å². The van der Waals surface area contributed by atoms with Crippen molar-refractivity contribution in [1.29, 1.82) is 0 Å². The molecule has 0 spiro atoms. The highest BCUT2D eigenvalue weighted by Gasteiger charge is 2.22. The molecule has 0 saturated carbocycles. The van der Waals surface area contributed by atoms with Gasteiger partial charge in [-0.2, -0.15) is 0 Å². The second-order valence-electron chi connectivity index (χ2n) is 6.54. The van der Waals surface area contributed by atoms with Crippen molar-refractivity contribution in [2.75, 3.05) is 36.4 Å². The highest BCUT2D eigenvalue weighted by Crippen LogP contribution is 2.21. The molecule has 1 aliphatic heterocycles. The van der Waals surface area contributed by atoms with E-state index in [1.807, 2.05) is 0 Å². The second-order valence-corrected chi connectivity index (χ2v) is 7.43. The summed E-state index contributed by atoms with van der Waals surface area (Å²) in [6.45, 7) is 1.66. The van der Waals surface area contributed by atoms with Crippen molar-refractivity contribution in [3.8, 4) is 0 Å². The van der Waals surface area contributed by atoms with Gasteiger partial charge in [0.1, 0.15) is 0 Å². The lowest BCUT2D eigenvalue weighted by molar-refractivity contribution is 0.125. The lowest BCUT2D eigenvalue weighted by Gasteiger charge is -2.35. The largest absolute Gasteiger partial charge is 0.368 e. The Bertz CT molecular complexity index is 1060. The number of hydrogen-bond acceptors (Lipinski definition) is 6. The minimum Gasteiger partial charge on any atom is -0.368 e. The zero-order valence-corrected chi connectivity index (χ0v) is 16.1. The summed E-state index contributed by atoms with van der Waals surface area (Å²) in [5.74, 6) is 0. The number of rotatable bonds is 4. The number of urea groups is 1. The quantitative estimate of drug-likeness (QED) is 0.701. The molecule has 0 atom stereocenters. The highest BCUT2D eigenvalue weighted by molar-refractivity contribution is 7.13. The highest BCUT2D eigenvalue weighted by atomic mass is 32.1. The van der Waals surface area contributed by atoms with E-state index in [0.717, 1.165) is 16.6 Å². The van der Waals surface area contributed by atoms with Gasteiger partial charge in [-0.3, -0.25) is 14.7 Å². The van der Waals surface area contributed by atoms with E-state index in [4.69, 9.17) is 0 Å². The third-order valence-electron chi connectivity index (χ3n) is 4.72. The zero-order chi connectivity index (χ0) is 20.4. The van der Waals surface area contributed by atoms with Gasteiger partial charge in [0.2, 0.25) is 0 Å². The topological polar surface area (TPSA) is 83.4 Å². The zero-order valence-electron chi connectivity index (χ0n) is 15.3. The Morgan fingerprint density at radius 2 is 2.00 bits per heavy atom. The van der Waals surface area contributed by atoms with Crippen LogP contribution in [0, 0.1) is 0 Å². The average molecular weight is 420 g/mol. The van der Waals surface area contributed by atoms with Gasteiger partial charge in [-0.15, -0.1) is 11.3 Å². The number of nitrogens with one attached hydrogen (secondary N) is 1. The van der Waals surface area contributed by atoms with Gasteiger partial charge in [0.05, 0.1) is 23.8 Å². The van der Waals surface area contributed by atoms with Crippen molar-refractivity contribution < 1.29 is 13.6 Å². The number of hydrogen-bond donors (Lipinski definition) is 1. The van der Waals surface area contributed by atoms with E-state index in [-0.39, 0.29) is 6.03 Å². The van der Waals surface area contributed by atoms with Gasteiger partial charge in [0, 0.05) is 43.4 Å². The number of carbonyl (C=O) groups excluding carboxylic acids is 1. The molecule has 152 valence electrons. The summed E-state index contributed by atoms with van der Waals surface area (Å²) >= 11 is 1.36. The van der Waals surface area contributed by atoms with E-state index in [1.54, 1.807) is 34.7 Å². The summed E-state index contributed by atoms with van der Waals surface area (Å²) in [4.78, 5) is 36.6. The number of nitrogens with zero attached hydrogens (tertiary/aromatic N) is 5. The molecule has 0 aliphatic carbocycles. The van der Waals surface area contributed by atoms with Gasteiger partial charge in [0.25, 0.3) is 12.0 Å². The summed E-state index contributed by atoms with van der Waals surface area (Å²) < 4.78 is 26.1. The Hall–Kier alpha value is -3.08. The number of amides is 2. The maximum atomic E-state index is 12.6. The first-order chi connectivity index (χ1) is 14.0. The van der Waals surface area contributed by atoms with Crippen molar-refractivity contribution in [3.05, 3.63) is 46.5 Å². The van der Waals surface area contributed by atoms with Crippen molar-refractivity contribution in [3.63, 3.8) is 0 Å². The molecule has 0 bridgehead atoms. The summed E-state index contributed by atoms with van der Waals surface area (Å²) in [6.07, 6.45) is 0.172. The van der Waals surface area contributed by atoms with Crippen LogP contribution in [0.15, 0.2) is 40.9 Å². The fourth-order valence-electron chi connectivity index (χ4n) is 3.25. The Balaban J connectivity index is 1.44. The van der Waals surface area contributed by atoms with Crippen LogP contribution >= 0.6 is 11.3 Å². The summed E-state index contributed by atoms with van der Waals surface area (Å²) in [6, 6.07) is 4.99. The summed E-state index contributed by atoms with van der Waals surface area (Å²) in [5, 5.41) is 5.44. The third-order valence-corrected chi connectivity index (χ3v) is 5.41. The lowest BCUT2D eigenvalue weighted by Crippen LogP contribution is -2.50. The van der Waals surface area contributed by atoms with Crippen molar-refractivity contribution in [2.24, 2.45) is 0 Å². The second kappa shape index (κ2) is 8.11. The number of fused-ring (bicyclic) bond motifs is 1. The first kappa shape index (κ1) is 19.2. The SMILES string of the molecule is O=C(Nc1nccs1)N1CCN(c2ccc3c(=O)n(CC(F)F)cnc3c2)CC1. The van der Waals surface area contributed by atoms with Crippen molar-refractivity contribution in [1.82, 2.24) is 19.4 Å². The molecule has 3 aromatic rings. The molecule has 2 aromatic heterocycles. The predicted molar refractivity (Wildman–Crippen MR) is 107 cm³/mol. The van der Waals surface area contributed by atoms with Gasteiger partial charge in [-0.05, 0) is 18.2 Å². The molecule has 2 amide bonds. The van der Waals surface area contributed by atoms with Crippen LogP contribution in [0.3, 0.4) is 0 Å². The number of anilines is 2. The molecule has 1 aliphatic rings. The van der Waals surface area contributed by atoms with Crippen LogP contribution in [-0.2, 0) is 6.54 Å². The number of aromatic nitrogens is 3. The molecule has 29 heavy (non-hydrogen) atoms. The molecule has 11 heteroatoms. The van der Waals surface area contributed by atoms with Crippen LogP contribution < -0.4 is 15.8 Å². The Kier molecular flexibility index (Phi) is 5.38. The van der Waals surface area contributed by atoms with Crippen LogP contribution in [0.2, 0.25) is 0 Å². The monoisotopic (exact) mass is 420 g/mol. The first-order valence-corrected chi connectivity index (χ1v) is 9.87. The van der Waals surface area contributed by atoms with E-state index in [0.29, 0.717) is 42.2 Å². The normalized spacial score (nSPS) is 14.6. The van der Waals surface area contributed by atoms with Crippen LogP contribution in [-0.4, -0.2) is 58.1 Å². The van der Waals surface area contributed by atoms with Gasteiger partial charge in [-0.25, -0.2) is 23.5 Å². The van der Waals surface area contributed by atoms with E-state index >= 15 is 0 Å². The molecule has 1 fully saturated rings. The molecule has 1 N–H and O–H groups in total. The van der Waals surface area contributed by atoms with Crippen LogP contribution in [0.4, 0.5) is 24.4 Å². The lowest BCUT2D eigenvalue weighted by atomic mass is 10.2. The minimum absolute atomic E-state index is 0.181. The van der Waals surface area contributed by atoms with E-state index < -0.39 is 18.5 Å². The molecular weight excluding hydrogens is 402 g/mol. The van der Waals surface area contributed by atoms with E-state index in [9.17, 15) is 18.4 Å². The van der Waals surface area contributed by atoms with Crippen molar-refractivity contribution >= 4 is 39.1 Å². The fourth-order valence-corrected chi connectivity index (χ4v) is 3.76. The van der Waals surface area contributed by atoms with Crippen LogP contribution in [0.5, 0.6) is 0 Å². The van der Waals surface area contributed by atoms with Gasteiger partial charge in [0.15, 0.2) is 5.13 Å². The number of halogens is 2. The average Bonchev–Trinajstić information content (AvgIpc) is 3.23. The first-order valence-electron chi connectivity index (χ1n) is 8.99. The molecular formula is C18H18F2N6O2S. The predicted octanol–water partition coefficient (Wildman–Crippen LogP) is 2.47. The number of piperazine rings is 1. The molecule has 1 saturated heterocycles. The number of alkyl halides is 2. The van der Waals surface area contributed by atoms with Crippen molar-refractivity contribution in [2.45, 2.75) is 13.0 Å². The third kappa shape index (κ3) is 4.19. The van der Waals surface area contributed by atoms with Crippen LogP contribution in [0.25, 0.3) is 10.9 Å². The molecule has 4 rings (SSSR count). The smallest absolute Gasteiger partial charge is 0.323 e. The molecule has 3 heterocycles. The number of carbonyl (C=O) groups is 1. The summed E-state index contributed by atoms with van der Waals surface area (Å²) in [5.41, 5.74) is 0.850. The maximum absolute atomic E-state index is 12.6. The Morgan fingerprint density at radius 3 is 2.69 bits per heavy atom. The molecule has 0 radical (unpaired) electrons. The van der Waals surface area contributed by atoms with Gasteiger partial charge < -0.3 is 9.80 Å². The number of thiazole rings is 1. The Morgan fingerprint density at radius 1 is 1.21 bits per heavy atom. The fraction of sp³-hybridized carbons (Fsp3) is 0.333. The minimum atomic E-state index is -2.62.